The quantitative estimate of drug-likeness (QED) is 0.755. The molecule has 0 atom stereocenters. The van der Waals surface area contributed by atoms with Crippen LogP contribution < -0.4 is 14.8 Å². The molecule has 1 heterocycles. The Morgan fingerprint density at radius 1 is 1.08 bits per heavy atom. The summed E-state index contributed by atoms with van der Waals surface area (Å²) in [7, 11) is 3.12. The third-order valence-electron chi connectivity index (χ3n) is 3.57. The van der Waals surface area contributed by atoms with Gasteiger partial charge in [-0.2, -0.15) is 0 Å². The highest BCUT2D eigenvalue weighted by atomic mass is 16.5. The van der Waals surface area contributed by atoms with Crippen LogP contribution in [0.5, 0.6) is 11.5 Å². The van der Waals surface area contributed by atoms with Gasteiger partial charge in [0.05, 0.1) is 19.9 Å². The Bertz CT molecular complexity index is 827. The molecule has 0 spiro atoms. The van der Waals surface area contributed by atoms with Crippen LogP contribution in [0.15, 0.2) is 54.9 Å². The number of benzene rings is 2. The molecule has 6 nitrogen and oxygen atoms in total. The van der Waals surface area contributed by atoms with Gasteiger partial charge in [0.15, 0.2) is 0 Å². The number of ether oxygens (including phenoxy) is 2. The number of nitrogens with zero attached hydrogens (tertiary/aromatic N) is 1. The van der Waals surface area contributed by atoms with Crippen molar-refractivity contribution in [2.75, 3.05) is 19.5 Å². The van der Waals surface area contributed by atoms with E-state index in [4.69, 9.17) is 9.47 Å². The van der Waals surface area contributed by atoms with Gasteiger partial charge in [-0.15, -0.1) is 0 Å². The van der Waals surface area contributed by atoms with Crippen molar-refractivity contribution in [3.63, 3.8) is 0 Å². The lowest BCUT2D eigenvalue weighted by molar-refractivity contribution is 0.102. The molecule has 0 fully saturated rings. The molecule has 0 aliphatic heterocycles. The van der Waals surface area contributed by atoms with E-state index in [2.05, 4.69) is 15.3 Å². The average molecular weight is 323 g/mol. The Morgan fingerprint density at radius 3 is 2.50 bits per heavy atom. The van der Waals surface area contributed by atoms with Crippen molar-refractivity contribution >= 4 is 11.6 Å². The van der Waals surface area contributed by atoms with Gasteiger partial charge in [-0.1, -0.05) is 12.1 Å². The Morgan fingerprint density at radius 2 is 1.88 bits per heavy atom. The molecular formula is C18H17N3O3. The summed E-state index contributed by atoms with van der Waals surface area (Å²) in [4.78, 5) is 19.7. The van der Waals surface area contributed by atoms with Gasteiger partial charge in [-0.05, 0) is 24.3 Å². The average Bonchev–Trinajstić information content (AvgIpc) is 3.16. The first-order valence-electron chi connectivity index (χ1n) is 7.34. The zero-order chi connectivity index (χ0) is 16.9. The van der Waals surface area contributed by atoms with E-state index in [1.165, 1.54) is 0 Å². The predicted octanol–water partition coefficient (Wildman–Crippen LogP) is 3.35. The van der Waals surface area contributed by atoms with E-state index in [0.717, 1.165) is 11.4 Å². The minimum Gasteiger partial charge on any atom is -0.497 e. The van der Waals surface area contributed by atoms with Gasteiger partial charge in [0.2, 0.25) is 0 Å². The summed E-state index contributed by atoms with van der Waals surface area (Å²) in [5.74, 6) is 1.74. The molecule has 1 amide bonds. The van der Waals surface area contributed by atoms with Crippen LogP contribution in [-0.2, 0) is 0 Å². The minimum absolute atomic E-state index is 0.229. The summed E-state index contributed by atoms with van der Waals surface area (Å²) < 4.78 is 10.4. The fraction of sp³-hybridized carbons (Fsp3) is 0.111. The zero-order valence-electron chi connectivity index (χ0n) is 13.4. The van der Waals surface area contributed by atoms with E-state index in [0.29, 0.717) is 22.7 Å². The number of carbonyl (C=O) groups is 1. The molecule has 0 saturated heterocycles. The van der Waals surface area contributed by atoms with E-state index in [1.807, 2.05) is 12.1 Å². The summed E-state index contributed by atoms with van der Waals surface area (Å²) in [5.41, 5.74) is 2.00. The van der Waals surface area contributed by atoms with Crippen LogP contribution >= 0.6 is 0 Å². The fourth-order valence-electron chi connectivity index (χ4n) is 2.31. The van der Waals surface area contributed by atoms with Crippen LogP contribution in [0.4, 0.5) is 5.69 Å². The van der Waals surface area contributed by atoms with Crippen molar-refractivity contribution < 1.29 is 14.3 Å². The second kappa shape index (κ2) is 6.87. The molecule has 0 saturated carbocycles. The highest BCUT2D eigenvalue weighted by molar-refractivity contribution is 6.05. The third kappa shape index (κ3) is 3.22. The van der Waals surface area contributed by atoms with Crippen molar-refractivity contribution in [3.05, 3.63) is 60.4 Å². The Kier molecular flexibility index (Phi) is 4.47. The van der Waals surface area contributed by atoms with E-state index in [-0.39, 0.29) is 5.91 Å². The first kappa shape index (κ1) is 15.6. The topological polar surface area (TPSA) is 76.2 Å². The lowest BCUT2D eigenvalue weighted by atomic mass is 10.1. The molecule has 0 bridgehead atoms. The predicted molar refractivity (Wildman–Crippen MR) is 91.5 cm³/mol. The highest BCUT2D eigenvalue weighted by Gasteiger charge is 2.11. The van der Waals surface area contributed by atoms with Gasteiger partial charge in [0.1, 0.15) is 17.3 Å². The van der Waals surface area contributed by atoms with Gasteiger partial charge in [-0.3, -0.25) is 4.79 Å². The summed E-state index contributed by atoms with van der Waals surface area (Å²) >= 11 is 0. The maximum Gasteiger partial charge on any atom is 0.255 e. The number of amides is 1. The number of anilines is 1. The van der Waals surface area contributed by atoms with Gasteiger partial charge in [-0.25, -0.2) is 4.98 Å². The Hall–Kier alpha value is -3.28. The van der Waals surface area contributed by atoms with Crippen molar-refractivity contribution in [3.8, 4) is 22.9 Å². The Labute approximate surface area is 139 Å². The number of hydrogen-bond donors (Lipinski definition) is 2. The van der Waals surface area contributed by atoms with Crippen LogP contribution in [0.2, 0.25) is 0 Å². The van der Waals surface area contributed by atoms with Crippen molar-refractivity contribution in [2.45, 2.75) is 0 Å². The van der Waals surface area contributed by atoms with Crippen LogP contribution in [0.1, 0.15) is 10.4 Å². The van der Waals surface area contributed by atoms with Crippen LogP contribution in [0.25, 0.3) is 11.4 Å². The molecular weight excluding hydrogens is 306 g/mol. The highest BCUT2D eigenvalue weighted by Crippen LogP contribution is 2.29. The third-order valence-corrected chi connectivity index (χ3v) is 3.57. The minimum atomic E-state index is -0.229. The number of H-pyrrole nitrogens is 1. The van der Waals surface area contributed by atoms with Gasteiger partial charge >= 0.3 is 0 Å². The molecule has 2 aromatic carbocycles. The van der Waals surface area contributed by atoms with E-state index < -0.39 is 0 Å². The number of nitrogens with one attached hydrogen (secondary N) is 2. The summed E-state index contributed by atoms with van der Waals surface area (Å²) in [6.07, 6.45) is 3.44. The van der Waals surface area contributed by atoms with Crippen molar-refractivity contribution in [1.29, 1.82) is 0 Å². The normalized spacial score (nSPS) is 10.2. The molecule has 3 rings (SSSR count). The molecule has 3 aromatic rings. The Balaban J connectivity index is 1.80. The number of hydrogen-bond acceptors (Lipinski definition) is 4. The molecule has 0 aliphatic carbocycles. The molecule has 122 valence electrons. The molecule has 24 heavy (non-hydrogen) atoms. The first-order chi connectivity index (χ1) is 11.7. The molecule has 0 aliphatic rings. The SMILES string of the molecule is COc1ccc(OC)c(NC(=O)c2ccc(-c3ncc[nH]3)cc2)c1. The zero-order valence-corrected chi connectivity index (χ0v) is 13.4. The number of imidazole rings is 1. The van der Waals surface area contributed by atoms with E-state index in [9.17, 15) is 4.79 Å². The summed E-state index contributed by atoms with van der Waals surface area (Å²) in [5, 5.41) is 2.84. The molecule has 0 radical (unpaired) electrons. The van der Waals surface area contributed by atoms with Crippen LogP contribution in [0, 0.1) is 0 Å². The smallest absolute Gasteiger partial charge is 0.255 e. The van der Waals surface area contributed by atoms with E-state index >= 15 is 0 Å². The standard InChI is InChI=1S/C18H17N3O3/c1-23-14-7-8-16(24-2)15(11-14)21-18(22)13-5-3-12(4-6-13)17-19-9-10-20-17/h3-11H,1-2H3,(H,19,20)(H,21,22). The molecule has 6 heteroatoms. The number of rotatable bonds is 5. The van der Waals surface area contributed by atoms with Gasteiger partial charge in [0.25, 0.3) is 5.91 Å². The number of carbonyl (C=O) groups excluding carboxylic acids is 1. The van der Waals surface area contributed by atoms with Crippen LogP contribution in [0.3, 0.4) is 0 Å². The van der Waals surface area contributed by atoms with Crippen molar-refractivity contribution in [1.82, 2.24) is 9.97 Å². The lowest BCUT2D eigenvalue weighted by Crippen LogP contribution is -2.12. The largest absolute Gasteiger partial charge is 0.497 e. The van der Waals surface area contributed by atoms with Crippen LogP contribution in [-0.4, -0.2) is 30.1 Å². The maximum absolute atomic E-state index is 12.4. The molecule has 1 aromatic heterocycles. The number of methoxy groups -OCH3 is 2. The summed E-state index contributed by atoms with van der Waals surface area (Å²) in [6.45, 7) is 0. The summed E-state index contributed by atoms with van der Waals surface area (Å²) in [6, 6.07) is 12.4. The monoisotopic (exact) mass is 323 g/mol. The lowest BCUT2D eigenvalue weighted by Gasteiger charge is -2.12. The number of aromatic amines is 1. The first-order valence-corrected chi connectivity index (χ1v) is 7.34. The van der Waals surface area contributed by atoms with E-state index in [1.54, 1.807) is 56.9 Å². The van der Waals surface area contributed by atoms with Crippen molar-refractivity contribution in [2.24, 2.45) is 0 Å². The number of aromatic nitrogens is 2. The maximum atomic E-state index is 12.4. The second-order valence-electron chi connectivity index (χ2n) is 5.04. The second-order valence-corrected chi connectivity index (χ2v) is 5.04. The molecule has 2 N–H and O–H groups in total. The molecule has 0 unspecified atom stereocenters. The van der Waals surface area contributed by atoms with Gasteiger partial charge < -0.3 is 19.8 Å². The fourth-order valence-corrected chi connectivity index (χ4v) is 2.31. The van der Waals surface area contributed by atoms with Gasteiger partial charge in [0, 0.05) is 29.6 Å².